The van der Waals surface area contributed by atoms with E-state index < -0.39 is 11.9 Å². The maximum atomic E-state index is 12.9. The molecule has 1 amide bonds. The fourth-order valence-electron chi connectivity index (χ4n) is 4.18. The Morgan fingerprint density at radius 3 is 2.29 bits per heavy atom. The van der Waals surface area contributed by atoms with E-state index in [-0.39, 0.29) is 12.5 Å². The lowest BCUT2D eigenvalue weighted by Crippen LogP contribution is -2.23. The Hall–Kier alpha value is -4.52. The van der Waals surface area contributed by atoms with E-state index >= 15 is 0 Å². The molecule has 0 saturated heterocycles. The number of rotatable bonds is 12. The maximum Gasteiger partial charge on any atom is 0.307 e. The van der Waals surface area contributed by atoms with Gasteiger partial charge in [-0.15, -0.1) is 0 Å². The highest BCUT2D eigenvalue weighted by Crippen LogP contribution is 2.24. The molecular formula is C31H31N3O4. The Morgan fingerprint density at radius 2 is 1.61 bits per heavy atom. The van der Waals surface area contributed by atoms with Crippen LogP contribution in [0.4, 0.5) is 0 Å². The highest BCUT2D eigenvalue weighted by Gasteiger charge is 2.20. The topological polar surface area (TPSA) is 101 Å². The van der Waals surface area contributed by atoms with Crippen molar-refractivity contribution < 1.29 is 19.4 Å². The first kappa shape index (κ1) is 26.5. The van der Waals surface area contributed by atoms with Crippen molar-refractivity contribution in [1.29, 1.82) is 0 Å². The SMILES string of the molecule is CCCOc1ccc(C[C@@H](Cc2ccccc2)C(=O)O)cc1CNC(=O)c1ccc(-c2ncccn2)cc1. The smallest absolute Gasteiger partial charge is 0.307 e. The van der Waals surface area contributed by atoms with Crippen LogP contribution in [0, 0.1) is 5.92 Å². The highest BCUT2D eigenvalue weighted by molar-refractivity contribution is 5.94. The third kappa shape index (κ3) is 7.26. The van der Waals surface area contributed by atoms with Crippen LogP contribution >= 0.6 is 0 Å². The van der Waals surface area contributed by atoms with E-state index in [1.54, 1.807) is 30.6 Å². The van der Waals surface area contributed by atoms with Gasteiger partial charge in [-0.3, -0.25) is 9.59 Å². The predicted molar refractivity (Wildman–Crippen MR) is 146 cm³/mol. The van der Waals surface area contributed by atoms with Crippen LogP contribution in [-0.2, 0) is 24.2 Å². The van der Waals surface area contributed by atoms with E-state index in [2.05, 4.69) is 15.3 Å². The molecule has 0 unspecified atom stereocenters. The van der Waals surface area contributed by atoms with Gasteiger partial charge < -0.3 is 15.2 Å². The number of benzene rings is 3. The van der Waals surface area contributed by atoms with Crippen molar-refractivity contribution in [2.75, 3.05) is 6.61 Å². The lowest BCUT2D eigenvalue weighted by atomic mass is 9.92. The molecule has 3 aromatic carbocycles. The lowest BCUT2D eigenvalue weighted by molar-refractivity contribution is -0.141. The molecule has 4 rings (SSSR count). The Morgan fingerprint density at radius 1 is 0.895 bits per heavy atom. The number of aliphatic carboxylic acids is 1. The summed E-state index contributed by atoms with van der Waals surface area (Å²) in [6.45, 7) is 2.84. The molecule has 2 N–H and O–H groups in total. The number of nitrogens with one attached hydrogen (secondary N) is 1. The van der Waals surface area contributed by atoms with Crippen LogP contribution in [0.5, 0.6) is 5.75 Å². The van der Waals surface area contributed by atoms with Crippen molar-refractivity contribution in [3.63, 3.8) is 0 Å². The first-order valence-electron chi connectivity index (χ1n) is 12.7. The number of hydrogen-bond acceptors (Lipinski definition) is 5. The van der Waals surface area contributed by atoms with E-state index in [9.17, 15) is 14.7 Å². The summed E-state index contributed by atoms with van der Waals surface area (Å²) in [5.74, 6) is -0.332. The van der Waals surface area contributed by atoms with E-state index in [4.69, 9.17) is 4.74 Å². The van der Waals surface area contributed by atoms with Gasteiger partial charge in [0.25, 0.3) is 5.91 Å². The van der Waals surface area contributed by atoms with Crippen LogP contribution in [-0.4, -0.2) is 33.6 Å². The van der Waals surface area contributed by atoms with Crippen LogP contribution in [0.15, 0.2) is 91.3 Å². The minimum absolute atomic E-state index is 0.218. The Balaban J connectivity index is 1.46. The molecule has 0 bridgehead atoms. The van der Waals surface area contributed by atoms with Gasteiger partial charge >= 0.3 is 5.97 Å². The maximum absolute atomic E-state index is 12.9. The third-order valence-electron chi connectivity index (χ3n) is 6.15. The number of carboxylic acid groups (broad SMARTS) is 1. The quantitative estimate of drug-likeness (QED) is 0.267. The van der Waals surface area contributed by atoms with Crippen molar-refractivity contribution in [3.8, 4) is 17.1 Å². The monoisotopic (exact) mass is 509 g/mol. The summed E-state index contributed by atoms with van der Waals surface area (Å²) < 4.78 is 5.91. The zero-order valence-corrected chi connectivity index (χ0v) is 21.3. The van der Waals surface area contributed by atoms with Gasteiger partial charge in [0.15, 0.2) is 5.82 Å². The van der Waals surface area contributed by atoms with Gasteiger partial charge in [-0.2, -0.15) is 0 Å². The molecule has 1 atom stereocenters. The van der Waals surface area contributed by atoms with E-state index in [1.165, 1.54) is 0 Å². The van der Waals surface area contributed by atoms with Crippen molar-refractivity contribution in [2.24, 2.45) is 5.92 Å². The molecule has 4 aromatic rings. The fraction of sp³-hybridized carbons (Fsp3) is 0.226. The molecule has 1 aromatic heterocycles. The van der Waals surface area contributed by atoms with Gasteiger partial charge in [0.2, 0.25) is 0 Å². The molecule has 0 spiro atoms. The summed E-state index contributed by atoms with van der Waals surface area (Å²) >= 11 is 0. The van der Waals surface area contributed by atoms with Crippen LogP contribution in [0.25, 0.3) is 11.4 Å². The van der Waals surface area contributed by atoms with Crippen molar-refractivity contribution in [2.45, 2.75) is 32.7 Å². The normalized spacial score (nSPS) is 11.5. The summed E-state index contributed by atoms with van der Waals surface area (Å²) in [7, 11) is 0. The average molecular weight is 510 g/mol. The highest BCUT2D eigenvalue weighted by atomic mass is 16.5. The molecule has 38 heavy (non-hydrogen) atoms. The molecule has 0 aliphatic carbocycles. The minimum Gasteiger partial charge on any atom is -0.493 e. The first-order chi connectivity index (χ1) is 18.5. The average Bonchev–Trinajstić information content (AvgIpc) is 2.96. The van der Waals surface area contributed by atoms with Crippen molar-refractivity contribution >= 4 is 11.9 Å². The molecule has 194 valence electrons. The van der Waals surface area contributed by atoms with Crippen LogP contribution in [0.1, 0.15) is 40.4 Å². The lowest BCUT2D eigenvalue weighted by Gasteiger charge is -2.16. The molecule has 0 aliphatic rings. The minimum atomic E-state index is -0.834. The Bertz CT molecular complexity index is 1340. The van der Waals surface area contributed by atoms with Crippen LogP contribution in [0.3, 0.4) is 0 Å². The number of aromatic nitrogens is 2. The Kier molecular flexibility index (Phi) is 9.18. The number of ether oxygens (including phenoxy) is 1. The number of carbonyl (C=O) groups is 2. The number of nitrogens with zero attached hydrogens (tertiary/aromatic N) is 2. The Labute approximate surface area is 222 Å². The van der Waals surface area contributed by atoms with Gasteiger partial charge in [-0.25, -0.2) is 9.97 Å². The number of carboxylic acids is 1. The molecule has 0 fully saturated rings. The first-order valence-corrected chi connectivity index (χ1v) is 12.7. The van der Waals surface area contributed by atoms with E-state index in [1.807, 2.05) is 67.6 Å². The van der Waals surface area contributed by atoms with Gasteiger partial charge in [-0.05, 0) is 54.7 Å². The molecule has 0 aliphatic heterocycles. The van der Waals surface area contributed by atoms with Crippen LogP contribution < -0.4 is 10.1 Å². The summed E-state index contributed by atoms with van der Waals surface area (Å²) in [6, 6.07) is 24.2. The van der Waals surface area contributed by atoms with E-state index in [0.29, 0.717) is 36.6 Å². The van der Waals surface area contributed by atoms with Gasteiger partial charge in [-0.1, -0.05) is 61.5 Å². The molecule has 7 heteroatoms. The van der Waals surface area contributed by atoms with Crippen LogP contribution in [0.2, 0.25) is 0 Å². The zero-order chi connectivity index (χ0) is 26.7. The van der Waals surface area contributed by atoms with Gasteiger partial charge in [0.1, 0.15) is 5.75 Å². The van der Waals surface area contributed by atoms with Gasteiger partial charge in [0.05, 0.1) is 12.5 Å². The summed E-state index contributed by atoms with van der Waals surface area (Å²) in [6.07, 6.45) is 5.02. The van der Waals surface area contributed by atoms with E-state index in [0.717, 1.165) is 28.7 Å². The molecule has 1 heterocycles. The van der Waals surface area contributed by atoms with Crippen molar-refractivity contribution in [1.82, 2.24) is 15.3 Å². The summed E-state index contributed by atoms with van der Waals surface area (Å²) in [4.78, 5) is 33.4. The second kappa shape index (κ2) is 13.1. The zero-order valence-electron chi connectivity index (χ0n) is 21.3. The number of hydrogen-bond donors (Lipinski definition) is 2. The van der Waals surface area contributed by atoms with Gasteiger partial charge in [0, 0.05) is 35.6 Å². The fourth-order valence-corrected chi connectivity index (χ4v) is 4.18. The third-order valence-corrected chi connectivity index (χ3v) is 6.15. The molecule has 7 nitrogen and oxygen atoms in total. The molecular weight excluding hydrogens is 478 g/mol. The number of amides is 1. The second-order valence-corrected chi connectivity index (χ2v) is 9.05. The standard InChI is InChI=1S/C31H31N3O4/c1-2-17-38-28-14-9-23(19-26(31(36)37)18-22-7-4-3-5-8-22)20-27(28)21-34-30(35)25-12-10-24(11-13-25)29-32-15-6-16-33-29/h3-16,20,26H,2,17-19,21H2,1H3,(H,34,35)(H,36,37)/t26-/m1/s1. The second-order valence-electron chi connectivity index (χ2n) is 9.05. The number of carbonyl (C=O) groups excluding carboxylic acids is 1. The predicted octanol–water partition coefficient (Wildman–Crippen LogP) is 5.35. The summed E-state index contributed by atoms with van der Waals surface area (Å²) in [5.41, 5.74) is 4.02. The largest absolute Gasteiger partial charge is 0.493 e. The van der Waals surface area contributed by atoms with Crippen molar-refractivity contribution in [3.05, 3.63) is 114 Å². The summed E-state index contributed by atoms with van der Waals surface area (Å²) in [5, 5.41) is 12.8. The molecule has 0 saturated carbocycles. The molecule has 0 radical (unpaired) electrons.